The van der Waals surface area contributed by atoms with Gasteiger partial charge in [0.15, 0.2) is 0 Å². The van der Waals surface area contributed by atoms with Gasteiger partial charge in [-0.05, 0) is 41.5 Å². The predicted molar refractivity (Wildman–Crippen MR) is 78.0 cm³/mol. The predicted octanol–water partition coefficient (Wildman–Crippen LogP) is 3.63. The van der Waals surface area contributed by atoms with Crippen molar-refractivity contribution in [2.24, 2.45) is 0 Å². The van der Waals surface area contributed by atoms with Crippen LogP contribution in [0.15, 0.2) is 34.9 Å². The third kappa shape index (κ3) is 2.46. The fourth-order valence-electron chi connectivity index (χ4n) is 2.06. The van der Waals surface area contributed by atoms with Gasteiger partial charge >= 0.3 is 0 Å². The Morgan fingerprint density at radius 2 is 2.17 bits per heavy atom. The number of hydrogen-bond acceptors (Lipinski definition) is 2. The molecule has 2 rings (SSSR count). The van der Waals surface area contributed by atoms with Gasteiger partial charge in [-0.2, -0.15) is 5.10 Å². The topological polar surface area (TPSA) is 29.9 Å². The van der Waals surface area contributed by atoms with Crippen LogP contribution in [0.4, 0.5) is 0 Å². The summed E-state index contributed by atoms with van der Waals surface area (Å²) >= 11 is 9.83. The molecule has 2 aromatic rings. The molecule has 1 aromatic carbocycles. The molecule has 1 N–H and O–H groups in total. The first-order chi connectivity index (χ1) is 8.69. The van der Waals surface area contributed by atoms with Crippen molar-refractivity contribution >= 4 is 27.5 Å². The van der Waals surface area contributed by atoms with E-state index in [1.165, 1.54) is 0 Å². The summed E-state index contributed by atoms with van der Waals surface area (Å²) in [6, 6.07) is 7.89. The number of rotatable bonds is 4. The quantitative estimate of drug-likeness (QED) is 0.929. The van der Waals surface area contributed by atoms with E-state index in [-0.39, 0.29) is 6.04 Å². The SMILES string of the molecule is CCn1ncc(Br)c1C(NC)c1ccccc1Cl. The Hall–Kier alpha value is -0.840. The third-order valence-corrected chi connectivity index (χ3v) is 3.87. The van der Waals surface area contributed by atoms with Crippen molar-refractivity contribution in [2.75, 3.05) is 7.05 Å². The maximum atomic E-state index is 6.28. The first kappa shape index (κ1) is 13.6. The van der Waals surface area contributed by atoms with Gasteiger partial charge in [0.1, 0.15) is 0 Å². The lowest BCUT2D eigenvalue weighted by molar-refractivity contribution is 0.562. The van der Waals surface area contributed by atoms with Gasteiger partial charge in [-0.25, -0.2) is 0 Å². The molecule has 1 heterocycles. The van der Waals surface area contributed by atoms with Crippen LogP contribution in [0.3, 0.4) is 0 Å². The number of aryl methyl sites for hydroxylation is 1. The molecule has 0 aliphatic carbocycles. The minimum absolute atomic E-state index is 0.0236. The lowest BCUT2D eigenvalue weighted by Crippen LogP contribution is -2.22. The monoisotopic (exact) mass is 327 g/mol. The van der Waals surface area contributed by atoms with E-state index in [1.807, 2.05) is 42.2 Å². The number of aromatic nitrogens is 2. The Bertz CT molecular complexity index is 539. The van der Waals surface area contributed by atoms with Crippen LogP contribution in [-0.2, 0) is 6.54 Å². The average molecular weight is 329 g/mol. The summed E-state index contributed by atoms with van der Waals surface area (Å²) < 4.78 is 2.96. The maximum Gasteiger partial charge on any atom is 0.0771 e. The van der Waals surface area contributed by atoms with Crippen LogP contribution in [0.1, 0.15) is 24.2 Å². The normalized spacial score (nSPS) is 12.7. The lowest BCUT2D eigenvalue weighted by atomic mass is 10.0. The summed E-state index contributed by atoms with van der Waals surface area (Å²) in [6.07, 6.45) is 1.82. The summed E-state index contributed by atoms with van der Waals surface area (Å²) in [6.45, 7) is 2.89. The van der Waals surface area contributed by atoms with E-state index < -0.39 is 0 Å². The second-order valence-electron chi connectivity index (χ2n) is 3.94. The van der Waals surface area contributed by atoms with Crippen LogP contribution in [0.2, 0.25) is 5.02 Å². The molecule has 0 aliphatic heterocycles. The van der Waals surface area contributed by atoms with Crippen LogP contribution >= 0.6 is 27.5 Å². The molecule has 96 valence electrons. The molecule has 18 heavy (non-hydrogen) atoms. The van der Waals surface area contributed by atoms with Crippen molar-refractivity contribution in [3.8, 4) is 0 Å². The third-order valence-electron chi connectivity index (χ3n) is 2.91. The molecule has 0 fully saturated rings. The summed E-state index contributed by atoms with van der Waals surface area (Å²) in [5.74, 6) is 0. The molecule has 0 amide bonds. The first-order valence-corrected chi connectivity index (χ1v) is 6.99. The van der Waals surface area contributed by atoms with E-state index in [2.05, 4.69) is 33.3 Å². The molecule has 5 heteroatoms. The molecule has 0 aliphatic rings. The molecule has 0 bridgehead atoms. The lowest BCUT2D eigenvalue weighted by Gasteiger charge is -2.19. The molecule has 0 radical (unpaired) electrons. The molecule has 1 unspecified atom stereocenters. The van der Waals surface area contributed by atoms with E-state index in [9.17, 15) is 0 Å². The van der Waals surface area contributed by atoms with Gasteiger partial charge in [-0.15, -0.1) is 0 Å². The van der Waals surface area contributed by atoms with Gasteiger partial charge in [0, 0.05) is 11.6 Å². The van der Waals surface area contributed by atoms with Gasteiger partial charge in [0.05, 0.1) is 22.4 Å². The van der Waals surface area contributed by atoms with Crippen molar-refractivity contribution < 1.29 is 0 Å². The minimum atomic E-state index is 0.0236. The minimum Gasteiger partial charge on any atom is -0.308 e. The second kappa shape index (κ2) is 5.87. The highest BCUT2D eigenvalue weighted by Gasteiger charge is 2.21. The highest BCUT2D eigenvalue weighted by atomic mass is 79.9. The number of hydrogen-bond donors (Lipinski definition) is 1. The first-order valence-electron chi connectivity index (χ1n) is 5.82. The molecule has 0 spiro atoms. The Labute approximate surface area is 120 Å². The van der Waals surface area contributed by atoms with Gasteiger partial charge in [-0.3, -0.25) is 4.68 Å². The van der Waals surface area contributed by atoms with Crippen molar-refractivity contribution in [3.05, 3.63) is 51.2 Å². The van der Waals surface area contributed by atoms with Crippen LogP contribution < -0.4 is 5.32 Å². The van der Waals surface area contributed by atoms with Crippen molar-refractivity contribution in [1.29, 1.82) is 0 Å². The molecule has 1 atom stereocenters. The fourth-order valence-corrected chi connectivity index (χ4v) is 2.83. The summed E-state index contributed by atoms with van der Waals surface area (Å²) in [5.41, 5.74) is 2.14. The van der Waals surface area contributed by atoms with Crippen LogP contribution in [0.25, 0.3) is 0 Å². The number of benzene rings is 1. The molecular weight excluding hydrogens is 314 g/mol. The van der Waals surface area contributed by atoms with E-state index in [1.54, 1.807) is 0 Å². The van der Waals surface area contributed by atoms with E-state index >= 15 is 0 Å². The van der Waals surface area contributed by atoms with Crippen LogP contribution in [-0.4, -0.2) is 16.8 Å². The maximum absolute atomic E-state index is 6.28. The zero-order valence-electron chi connectivity index (χ0n) is 10.3. The van der Waals surface area contributed by atoms with Gasteiger partial charge in [-0.1, -0.05) is 29.8 Å². The van der Waals surface area contributed by atoms with Gasteiger partial charge < -0.3 is 5.32 Å². The Morgan fingerprint density at radius 3 is 2.78 bits per heavy atom. The Morgan fingerprint density at radius 1 is 1.44 bits per heavy atom. The zero-order chi connectivity index (χ0) is 13.1. The van der Waals surface area contributed by atoms with Crippen molar-refractivity contribution in [2.45, 2.75) is 19.5 Å². The van der Waals surface area contributed by atoms with E-state index in [4.69, 9.17) is 11.6 Å². The van der Waals surface area contributed by atoms with Crippen LogP contribution in [0.5, 0.6) is 0 Å². The zero-order valence-corrected chi connectivity index (χ0v) is 12.7. The summed E-state index contributed by atoms with van der Waals surface area (Å²) in [5, 5.41) is 8.40. The van der Waals surface area contributed by atoms with Crippen LogP contribution in [0, 0.1) is 0 Å². The Kier molecular flexibility index (Phi) is 4.43. The average Bonchev–Trinajstić information content (AvgIpc) is 2.74. The number of halogens is 2. The smallest absolute Gasteiger partial charge is 0.0771 e. The van der Waals surface area contributed by atoms with Crippen molar-refractivity contribution in [3.63, 3.8) is 0 Å². The molecule has 3 nitrogen and oxygen atoms in total. The van der Waals surface area contributed by atoms with Gasteiger partial charge in [0.25, 0.3) is 0 Å². The molecular formula is C13H15BrClN3. The van der Waals surface area contributed by atoms with Crippen molar-refractivity contribution in [1.82, 2.24) is 15.1 Å². The fraction of sp³-hybridized carbons (Fsp3) is 0.308. The number of nitrogens with zero attached hydrogens (tertiary/aromatic N) is 2. The van der Waals surface area contributed by atoms with E-state index in [0.29, 0.717) is 0 Å². The molecule has 0 saturated carbocycles. The van der Waals surface area contributed by atoms with E-state index in [0.717, 1.165) is 27.3 Å². The largest absolute Gasteiger partial charge is 0.308 e. The molecule has 0 saturated heterocycles. The Balaban J connectivity index is 2.52. The second-order valence-corrected chi connectivity index (χ2v) is 5.20. The van der Waals surface area contributed by atoms with Gasteiger partial charge in [0.2, 0.25) is 0 Å². The standard InChI is InChI=1S/C13H15BrClN3/c1-3-18-13(10(14)8-17-18)12(16-2)9-6-4-5-7-11(9)15/h4-8,12,16H,3H2,1-2H3. The highest BCUT2D eigenvalue weighted by Crippen LogP contribution is 2.32. The molecule has 1 aromatic heterocycles. The highest BCUT2D eigenvalue weighted by molar-refractivity contribution is 9.10. The summed E-state index contributed by atoms with van der Waals surface area (Å²) in [4.78, 5) is 0. The number of nitrogens with one attached hydrogen (secondary N) is 1. The summed E-state index contributed by atoms with van der Waals surface area (Å²) in [7, 11) is 1.92.